The number of fused-ring (bicyclic) bond motifs is 2. The standard InChI is InChI=1S/C15H23N3O3.C13H12FNS/c1-9-7-10-8-11(9)12(13(19)17-6-5-16)18(10)14(20)21-15(2,3)4;1-9-2-3-11(8-13(9)14)10-4-6-12(16-15)7-5-10/h9-12H,6-8H2,1-4H3,(H,17,19);2-8H,15H2,1H3. The average Bonchev–Trinajstić information content (AvgIpc) is 3.41. The Morgan fingerprint density at radius 3 is 2.41 bits per heavy atom. The lowest BCUT2D eigenvalue weighted by atomic mass is 9.89. The highest BCUT2D eigenvalue weighted by Crippen LogP contribution is 2.46. The highest BCUT2D eigenvalue weighted by atomic mass is 32.2. The molecule has 1 saturated heterocycles. The summed E-state index contributed by atoms with van der Waals surface area (Å²) >= 11 is 1.20. The molecule has 4 atom stereocenters. The molecule has 198 valence electrons. The molecule has 4 rings (SSSR count). The summed E-state index contributed by atoms with van der Waals surface area (Å²) in [7, 11) is 0. The molecule has 0 spiro atoms. The second-order valence-corrected chi connectivity index (χ2v) is 11.3. The van der Waals surface area contributed by atoms with Gasteiger partial charge in [-0.1, -0.05) is 31.2 Å². The lowest BCUT2D eigenvalue weighted by Crippen LogP contribution is -2.55. The Kier molecular flexibility index (Phi) is 9.21. The van der Waals surface area contributed by atoms with Gasteiger partial charge >= 0.3 is 6.09 Å². The van der Waals surface area contributed by atoms with Gasteiger partial charge in [0.15, 0.2) is 0 Å². The zero-order chi connectivity index (χ0) is 27.3. The van der Waals surface area contributed by atoms with Crippen LogP contribution in [0.4, 0.5) is 9.18 Å². The first-order valence-electron chi connectivity index (χ1n) is 12.3. The first kappa shape index (κ1) is 28.5. The van der Waals surface area contributed by atoms with Crippen molar-refractivity contribution in [3.63, 3.8) is 0 Å². The van der Waals surface area contributed by atoms with Crippen molar-refractivity contribution in [2.24, 2.45) is 17.0 Å². The van der Waals surface area contributed by atoms with Crippen LogP contribution in [0, 0.1) is 35.9 Å². The maximum absolute atomic E-state index is 13.4. The summed E-state index contributed by atoms with van der Waals surface area (Å²) in [6.07, 6.45) is 1.32. The molecule has 7 nitrogen and oxygen atoms in total. The van der Waals surface area contributed by atoms with E-state index in [9.17, 15) is 14.0 Å². The SMILES string of the molecule is CC1CC2CC1C(C(=O)NCC#N)N2C(=O)OC(C)(C)C.Cc1ccc(-c2ccc(SN)cc2)cc1F. The number of nitrogens with two attached hydrogens (primary N) is 1. The van der Waals surface area contributed by atoms with Gasteiger partial charge in [0.25, 0.3) is 0 Å². The molecule has 37 heavy (non-hydrogen) atoms. The fourth-order valence-electron chi connectivity index (χ4n) is 4.97. The van der Waals surface area contributed by atoms with Gasteiger partial charge < -0.3 is 10.1 Å². The number of rotatable bonds is 4. The van der Waals surface area contributed by atoms with Crippen molar-refractivity contribution in [2.75, 3.05) is 6.54 Å². The van der Waals surface area contributed by atoms with Crippen LogP contribution in [-0.4, -0.2) is 41.1 Å². The number of ether oxygens (including phenoxy) is 1. The summed E-state index contributed by atoms with van der Waals surface area (Å²) in [6, 6.07) is 14.5. The molecule has 2 fully saturated rings. The van der Waals surface area contributed by atoms with Crippen molar-refractivity contribution in [1.29, 1.82) is 5.26 Å². The summed E-state index contributed by atoms with van der Waals surface area (Å²) in [5.41, 5.74) is 1.96. The fraction of sp³-hybridized carbons (Fsp3) is 0.464. The lowest BCUT2D eigenvalue weighted by molar-refractivity contribution is -0.128. The van der Waals surface area contributed by atoms with Gasteiger partial charge in [-0.05, 0) is 99.2 Å². The van der Waals surface area contributed by atoms with E-state index in [1.807, 2.05) is 57.2 Å². The molecule has 3 N–H and O–H groups in total. The van der Waals surface area contributed by atoms with Gasteiger partial charge in [0.1, 0.15) is 24.0 Å². The molecule has 2 aliphatic rings. The van der Waals surface area contributed by atoms with Gasteiger partial charge in [-0.2, -0.15) is 5.26 Å². The number of hydrogen-bond donors (Lipinski definition) is 2. The number of nitriles is 1. The van der Waals surface area contributed by atoms with Crippen molar-refractivity contribution in [2.45, 2.75) is 70.0 Å². The van der Waals surface area contributed by atoms with E-state index >= 15 is 0 Å². The van der Waals surface area contributed by atoms with Gasteiger partial charge in [-0.3, -0.25) is 14.8 Å². The van der Waals surface area contributed by atoms with Crippen molar-refractivity contribution in [3.8, 4) is 17.2 Å². The smallest absolute Gasteiger partial charge is 0.411 e. The van der Waals surface area contributed by atoms with E-state index in [0.29, 0.717) is 11.5 Å². The number of amides is 2. The first-order valence-corrected chi connectivity index (χ1v) is 13.2. The van der Waals surface area contributed by atoms with Gasteiger partial charge in [-0.25, -0.2) is 9.18 Å². The predicted octanol–water partition coefficient (Wildman–Crippen LogP) is 5.43. The molecule has 2 aromatic carbocycles. The van der Waals surface area contributed by atoms with E-state index in [0.717, 1.165) is 28.9 Å². The topological polar surface area (TPSA) is 108 Å². The predicted molar refractivity (Wildman–Crippen MR) is 143 cm³/mol. The van der Waals surface area contributed by atoms with Crippen molar-refractivity contribution in [3.05, 3.63) is 53.8 Å². The summed E-state index contributed by atoms with van der Waals surface area (Å²) in [5.74, 6) is 0.143. The van der Waals surface area contributed by atoms with Gasteiger partial charge in [0, 0.05) is 10.9 Å². The third kappa shape index (κ3) is 7.02. The monoisotopic (exact) mass is 526 g/mol. The Balaban J connectivity index is 0.000000213. The maximum atomic E-state index is 13.4. The quantitative estimate of drug-likeness (QED) is 0.406. The number of likely N-dealkylation sites (tertiary alicyclic amines) is 1. The molecule has 0 radical (unpaired) electrons. The van der Waals surface area contributed by atoms with Gasteiger partial charge in [-0.15, -0.1) is 0 Å². The molecule has 1 aliphatic heterocycles. The second-order valence-electron chi connectivity index (χ2n) is 10.6. The number of carbonyl (C=O) groups is 2. The number of nitrogens with zero attached hydrogens (tertiary/aromatic N) is 2. The van der Waals surface area contributed by atoms with E-state index in [-0.39, 0.29) is 30.2 Å². The molecule has 1 saturated carbocycles. The van der Waals surface area contributed by atoms with E-state index in [1.165, 1.54) is 11.9 Å². The number of carbonyl (C=O) groups excluding carboxylic acids is 2. The molecular formula is C28H35FN4O3S. The molecule has 0 aromatic heterocycles. The van der Waals surface area contributed by atoms with Crippen LogP contribution in [0.5, 0.6) is 0 Å². The normalized spacial score (nSPS) is 22.1. The van der Waals surface area contributed by atoms with Crippen LogP contribution in [0.15, 0.2) is 47.4 Å². The number of hydrogen-bond acceptors (Lipinski definition) is 6. The Bertz CT molecular complexity index is 1160. The molecule has 1 heterocycles. The third-order valence-electron chi connectivity index (χ3n) is 6.73. The summed E-state index contributed by atoms with van der Waals surface area (Å²) in [6.45, 7) is 9.27. The van der Waals surface area contributed by atoms with Crippen LogP contribution >= 0.6 is 11.9 Å². The van der Waals surface area contributed by atoms with Gasteiger partial charge in [0.05, 0.1) is 6.07 Å². The highest BCUT2D eigenvalue weighted by molar-refractivity contribution is 7.97. The number of benzene rings is 2. The molecule has 2 aromatic rings. The summed E-state index contributed by atoms with van der Waals surface area (Å²) < 4.78 is 18.8. The van der Waals surface area contributed by atoms with Crippen molar-refractivity contribution < 1.29 is 18.7 Å². The zero-order valence-corrected chi connectivity index (χ0v) is 22.8. The average molecular weight is 527 g/mol. The molecule has 9 heteroatoms. The van der Waals surface area contributed by atoms with Crippen LogP contribution < -0.4 is 10.5 Å². The van der Waals surface area contributed by atoms with Crippen molar-refractivity contribution in [1.82, 2.24) is 10.2 Å². The molecule has 4 unspecified atom stereocenters. The minimum absolute atomic E-state index is 0.0384. The Hall–Kier alpha value is -3.09. The van der Waals surface area contributed by atoms with Crippen LogP contribution in [0.2, 0.25) is 0 Å². The molecule has 1 aliphatic carbocycles. The second kappa shape index (κ2) is 12.0. The minimum atomic E-state index is -0.585. The Morgan fingerprint density at radius 1 is 1.19 bits per heavy atom. The minimum Gasteiger partial charge on any atom is -0.444 e. The number of piperidine rings is 1. The van der Waals surface area contributed by atoms with Gasteiger partial charge in [0.2, 0.25) is 5.91 Å². The summed E-state index contributed by atoms with van der Waals surface area (Å²) in [5, 5.41) is 16.6. The van der Waals surface area contributed by atoms with E-state index in [1.54, 1.807) is 24.0 Å². The van der Waals surface area contributed by atoms with Crippen LogP contribution in [-0.2, 0) is 9.53 Å². The number of halogens is 1. The van der Waals surface area contributed by atoms with Crippen LogP contribution in [0.1, 0.15) is 46.1 Å². The fourth-order valence-corrected chi connectivity index (χ4v) is 5.27. The number of nitrogens with one attached hydrogen (secondary N) is 1. The van der Waals surface area contributed by atoms with E-state index in [2.05, 4.69) is 12.2 Å². The van der Waals surface area contributed by atoms with Crippen LogP contribution in [0.3, 0.4) is 0 Å². The Morgan fingerprint density at radius 2 is 1.84 bits per heavy atom. The maximum Gasteiger partial charge on any atom is 0.411 e. The van der Waals surface area contributed by atoms with E-state index in [4.69, 9.17) is 15.1 Å². The first-order chi connectivity index (χ1) is 17.4. The Labute approximate surface area is 222 Å². The number of aryl methyl sites for hydroxylation is 1. The summed E-state index contributed by atoms with van der Waals surface area (Å²) in [4.78, 5) is 27.3. The molecular weight excluding hydrogens is 491 g/mol. The third-order valence-corrected chi connectivity index (χ3v) is 7.27. The zero-order valence-electron chi connectivity index (χ0n) is 22.0. The highest BCUT2D eigenvalue weighted by Gasteiger charge is 2.55. The lowest BCUT2D eigenvalue weighted by Gasteiger charge is -2.37. The van der Waals surface area contributed by atoms with Crippen molar-refractivity contribution >= 4 is 23.9 Å². The molecule has 2 bridgehead atoms. The largest absolute Gasteiger partial charge is 0.444 e. The van der Waals surface area contributed by atoms with Crippen LogP contribution in [0.25, 0.3) is 11.1 Å². The van der Waals surface area contributed by atoms with E-state index < -0.39 is 17.7 Å². The molecule has 2 amide bonds.